The van der Waals surface area contributed by atoms with Crippen LogP contribution in [-0.4, -0.2) is 38.3 Å². The third kappa shape index (κ3) is 3.37. The third-order valence-corrected chi connectivity index (χ3v) is 5.05. The zero-order valence-electron chi connectivity index (χ0n) is 13.8. The topological polar surface area (TPSA) is 50.5 Å². The Balaban J connectivity index is 1.50. The number of halogens is 1. The van der Waals surface area contributed by atoms with E-state index in [-0.39, 0.29) is 5.91 Å². The number of rotatable bonds is 3. The average Bonchev–Trinajstić information content (AvgIpc) is 3.12. The number of piperidine rings is 1. The summed E-state index contributed by atoms with van der Waals surface area (Å²) in [5.74, 6) is 1.19. The molecule has 0 spiro atoms. The Hall–Kier alpha value is -2.40. The van der Waals surface area contributed by atoms with Crippen LogP contribution in [0.5, 0.6) is 0 Å². The van der Waals surface area contributed by atoms with Crippen molar-refractivity contribution in [2.45, 2.75) is 25.2 Å². The lowest BCUT2D eigenvalue weighted by Gasteiger charge is -2.33. The highest BCUT2D eigenvalue weighted by Crippen LogP contribution is 2.27. The minimum atomic E-state index is 0.169. The van der Waals surface area contributed by atoms with Crippen LogP contribution in [0.3, 0.4) is 0 Å². The minimum absolute atomic E-state index is 0.169. The second kappa shape index (κ2) is 6.84. The zero-order chi connectivity index (χ0) is 17.2. The molecule has 1 saturated heterocycles. The monoisotopic (exact) mass is 354 g/mol. The lowest BCUT2D eigenvalue weighted by molar-refractivity contribution is -0.131. The minimum Gasteiger partial charge on any atom is -0.342 e. The highest BCUT2D eigenvalue weighted by atomic mass is 35.5. The summed E-state index contributed by atoms with van der Waals surface area (Å²) >= 11 is 5.91. The smallest absolute Gasteiger partial charge is 0.233 e. The molecule has 0 aliphatic carbocycles. The summed E-state index contributed by atoms with van der Waals surface area (Å²) < 4.78 is 2.03. The fourth-order valence-corrected chi connectivity index (χ4v) is 3.65. The van der Waals surface area contributed by atoms with Gasteiger partial charge in [0.1, 0.15) is 0 Å². The summed E-state index contributed by atoms with van der Waals surface area (Å²) in [4.78, 5) is 23.2. The first kappa shape index (κ1) is 16.1. The van der Waals surface area contributed by atoms with E-state index < -0.39 is 0 Å². The lowest BCUT2D eigenvalue weighted by atomic mass is 9.94. The van der Waals surface area contributed by atoms with E-state index in [1.165, 1.54) is 5.69 Å². The second-order valence-electron chi connectivity index (χ2n) is 6.45. The molecule has 1 aliphatic rings. The van der Waals surface area contributed by atoms with Crippen LogP contribution in [0.25, 0.3) is 5.78 Å². The van der Waals surface area contributed by atoms with Crippen LogP contribution in [0.15, 0.2) is 48.9 Å². The summed E-state index contributed by atoms with van der Waals surface area (Å²) in [5, 5.41) is 0.691. The van der Waals surface area contributed by atoms with Gasteiger partial charge in [-0.1, -0.05) is 23.7 Å². The number of imidazole rings is 1. The summed E-state index contributed by atoms with van der Waals surface area (Å²) in [6.07, 6.45) is 7.99. The van der Waals surface area contributed by atoms with Gasteiger partial charge in [-0.15, -0.1) is 0 Å². The molecule has 1 atom stereocenters. The average molecular weight is 355 g/mol. The van der Waals surface area contributed by atoms with Gasteiger partial charge in [0.15, 0.2) is 0 Å². The lowest BCUT2D eigenvalue weighted by Crippen LogP contribution is -2.40. The normalized spacial score (nSPS) is 17.8. The van der Waals surface area contributed by atoms with Gasteiger partial charge in [0.2, 0.25) is 11.7 Å². The molecular weight excluding hydrogens is 336 g/mol. The van der Waals surface area contributed by atoms with Gasteiger partial charge in [-0.2, -0.15) is 0 Å². The van der Waals surface area contributed by atoms with Crippen LogP contribution in [0.4, 0.5) is 0 Å². The predicted octanol–water partition coefficient (Wildman–Crippen LogP) is 3.33. The Morgan fingerprint density at radius 3 is 2.80 bits per heavy atom. The molecule has 128 valence electrons. The molecule has 1 aromatic carbocycles. The molecule has 3 aromatic rings. The summed E-state index contributed by atoms with van der Waals surface area (Å²) in [7, 11) is 0. The van der Waals surface area contributed by atoms with Crippen molar-refractivity contribution in [2.24, 2.45) is 0 Å². The molecule has 3 heterocycles. The highest BCUT2D eigenvalue weighted by molar-refractivity contribution is 6.30. The van der Waals surface area contributed by atoms with Crippen LogP contribution in [0.2, 0.25) is 5.02 Å². The Morgan fingerprint density at radius 2 is 1.96 bits per heavy atom. The first-order valence-electron chi connectivity index (χ1n) is 8.51. The fourth-order valence-electron chi connectivity index (χ4n) is 3.52. The number of aromatic nitrogens is 3. The first-order chi connectivity index (χ1) is 12.2. The van der Waals surface area contributed by atoms with Crippen LogP contribution >= 0.6 is 11.6 Å². The van der Waals surface area contributed by atoms with Gasteiger partial charge in [0, 0.05) is 48.3 Å². The van der Waals surface area contributed by atoms with Gasteiger partial charge in [0.05, 0.1) is 6.42 Å². The van der Waals surface area contributed by atoms with E-state index in [4.69, 9.17) is 11.6 Å². The number of amides is 1. The maximum absolute atomic E-state index is 12.7. The maximum atomic E-state index is 12.7. The summed E-state index contributed by atoms with van der Waals surface area (Å²) in [5.41, 5.74) is 2.17. The maximum Gasteiger partial charge on any atom is 0.233 e. The van der Waals surface area contributed by atoms with E-state index in [1.807, 2.05) is 45.8 Å². The van der Waals surface area contributed by atoms with Gasteiger partial charge in [-0.25, -0.2) is 9.97 Å². The molecule has 1 fully saturated rings. The largest absolute Gasteiger partial charge is 0.342 e. The van der Waals surface area contributed by atoms with Crippen molar-refractivity contribution in [3.8, 4) is 0 Å². The molecule has 1 amide bonds. The number of likely N-dealkylation sites (tertiary alicyclic amines) is 1. The van der Waals surface area contributed by atoms with E-state index in [0.717, 1.165) is 31.5 Å². The molecule has 0 saturated carbocycles. The molecule has 6 heteroatoms. The third-order valence-electron chi connectivity index (χ3n) is 4.80. The number of fused-ring (bicyclic) bond motifs is 1. The van der Waals surface area contributed by atoms with Crippen molar-refractivity contribution in [3.63, 3.8) is 0 Å². The molecule has 25 heavy (non-hydrogen) atoms. The Bertz CT molecular complexity index is 890. The molecule has 4 rings (SSSR count). The van der Waals surface area contributed by atoms with Crippen molar-refractivity contribution in [1.29, 1.82) is 0 Å². The SMILES string of the molecule is O=C(Cc1ccc(Cl)cc1)N1CCC[C@H](c2ccnc3nccn23)C1. The summed E-state index contributed by atoms with van der Waals surface area (Å²) in [6.45, 7) is 1.56. The van der Waals surface area contributed by atoms with Crippen molar-refractivity contribution in [1.82, 2.24) is 19.3 Å². The molecular formula is C19H19ClN4O. The van der Waals surface area contributed by atoms with Crippen molar-refractivity contribution >= 4 is 23.3 Å². The molecule has 0 unspecified atom stereocenters. The number of hydrogen-bond acceptors (Lipinski definition) is 3. The van der Waals surface area contributed by atoms with Gasteiger partial charge in [0.25, 0.3) is 0 Å². The molecule has 0 radical (unpaired) electrons. The van der Waals surface area contributed by atoms with E-state index in [9.17, 15) is 4.79 Å². The van der Waals surface area contributed by atoms with Crippen LogP contribution in [-0.2, 0) is 11.2 Å². The Morgan fingerprint density at radius 1 is 1.16 bits per heavy atom. The quantitative estimate of drug-likeness (QED) is 0.725. The standard InChI is InChI=1S/C19H19ClN4O/c20-16-5-3-14(4-6-16)12-18(25)23-10-1-2-15(13-23)17-7-8-21-19-22-9-11-24(17)19/h3-9,11,15H,1-2,10,12-13H2/t15-/m0/s1. The molecule has 0 bridgehead atoms. The van der Waals surface area contributed by atoms with Crippen LogP contribution in [0.1, 0.15) is 30.0 Å². The van der Waals surface area contributed by atoms with Crippen LogP contribution < -0.4 is 0 Å². The number of nitrogens with zero attached hydrogens (tertiary/aromatic N) is 4. The van der Waals surface area contributed by atoms with Gasteiger partial charge in [-0.05, 0) is 36.6 Å². The number of carbonyl (C=O) groups excluding carboxylic acids is 1. The fraction of sp³-hybridized carbons (Fsp3) is 0.316. The van der Waals surface area contributed by atoms with Gasteiger partial charge < -0.3 is 4.90 Å². The van der Waals surface area contributed by atoms with E-state index >= 15 is 0 Å². The second-order valence-corrected chi connectivity index (χ2v) is 6.89. The highest BCUT2D eigenvalue weighted by Gasteiger charge is 2.26. The molecule has 0 N–H and O–H groups in total. The van der Waals surface area contributed by atoms with Crippen molar-refractivity contribution in [3.05, 3.63) is 65.2 Å². The Kier molecular flexibility index (Phi) is 4.40. The predicted molar refractivity (Wildman–Crippen MR) is 96.7 cm³/mol. The van der Waals surface area contributed by atoms with Crippen molar-refractivity contribution < 1.29 is 4.79 Å². The van der Waals surface area contributed by atoms with Crippen molar-refractivity contribution in [2.75, 3.05) is 13.1 Å². The first-order valence-corrected chi connectivity index (χ1v) is 8.89. The molecule has 2 aromatic heterocycles. The van der Waals surface area contributed by atoms with Crippen LogP contribution in [0, 0.1) is 0 Å². The van der Waals surface area contributed by atoms with E-state index in [0.29, 0.717) is 23.1 Å². The number of benzene rings is 1. The number of hydrogen-bond donors (Lipinski definition) is 0. The Labute approximate surface area is 151 Å². The summed E-state index contributed by atoms with van der Waals surface area (Å²) in [6, 6.07) is 9.53. The van der Waals surface area contributed by atoms with E-state index in [2.05, 4.69) is 9.97 Å². The zero-order valence-corrected chi connectivity index (χ0v) is 14.6. The number of carbonyl (C=O) groups is 1. The van der Waals surface area contributed by atoms with Gasteiger partial charge >= 0.3 is 0 Å². The van der Waals surface area contributed by atoms with E-state index in [1.54, 1.807) is 12.4 Å². The molecule has 1 aliphatic heterocycles. The molecule has 5 nitrogen and oxygen atoms in total. The van der Waals surface area contributed by atoms with Gasteiger partial charge in [-0.3, -0.25) is 9.20 Å².